The molecular formula is C8H12N4O3S. The van der Waals surface area contributed by atoms with Crippen LogP contribution in [0.4, 0.5) is 5.69 Å². The summed E-state index contributed by atoms with van der Waals surface area (Å²) in [4.78, 5) is 0. The van der Waals surface area contributed by atoms with Crippen molar-refractivity contribution in [3.05, 3.63) is 29.8 Å². The molecule has 88 valence electrons. The molecule has 1 aromatic carbocycles. The number of hydrogen-bond donors (Lipinski definition) is 4. The lowest BCUT2D eigenvalue weighted by molar-refractivity contribution is 0.318. The maximum absolute atomic E-state index is 11.1. The summed E-state index contributed by atoms with van der Waals surface area (Å²) in [7, 11) is -2.22. The fraction of sp³-hybridized carbons (Fsp3) is 0.125. The minimum Gasteiger partial charge on any atom is -0.409 e. The Balaban J connectivity index is 2.88. The number of amidine groups is 1. The van der Waals surface area contributed by atoms with Crippen molar-refractivity contribution < 1.29 is 13.6 Å². The smallest absolute Gasteiger partial charge is 0.298 e. The zero-order valence-corrected chi connectivity index (χ0v) is 9.32. The van der Waals surface area contributed by atoms with E-state index in [1.807, 2.05) is 0 Å². The summed E-state index contributed by atoms with van der Waals surface area (Å²) in [5.41, 5.74) is 6.22. The van der Waals surface area contributed by atoms with E-state index in [1.165, 1.54) is 31.3 Å². The third-order valence-corrected chi connectivity index (χ3v) is 2.85. The fourth-order valence-electron chi connectivity index (χ4n) is 0.973. The molecule has 0 fully saturated rings. The molecule has 0 spiro atoms. The van der Waals surface area contributed by atoms with E-state index >= 15 is 0 Å². The predicted octanol–water partition coefficient (Wildman–Crippen LogP) is -0.343. The van der Waals surface area contributed by atoms with Gasteiger partial charge in [0.2, 0.25) is 0 Å². The van der Waals surface area contributed by atoms with Crippen LogP contribution in [0, 0.1) is 0 Å². The van der Waals surface area contributed by atoms with Crippen LogP contribution < -0.4 is 15.2 Å². The third kappa shape index (κ3) is 3.11. The summed E-state index contributed by atoms with van der Waals surface area (Å²) in [6.07, 6.45) is 0. The molecule has 7 nitrogen and oxygen atoms in total. The Hall–Kier alpha value is -1.80. The molecule has 5 N–H and O–H groups in total. The molecule has 0 bridgehead atoms. The predicted molar refractivity (Wildman–Crippen MR) is 60.6 cm³/mol. The van der Waals surface area contributed by atoms with E-state index in [1.54, 1.807) is 0 Å². The molecule has 0 saturated carbocycles. The maximum Gasteiger partial charge on any atom is 0.298 e. The first-order chi connectivity index (χ1) is 7.48. The summed E-state index contributed by atoms with van der Waals surface area (Å²) in [5, 5.41) is 11.2. The van der Waals surface area contributed by atoms with Crippen molar-refractivity contribution in [2.45, 2.75) is 0 Å². The first-order valence-corrected chi connectivity index (χ1v) is 5.76. The first kappa shape index (κ1) is 12.3. The lowest BCUT2D eigenvalue weighted by atomic mass is 10.2. The molecule has 0 aliphatic carbocycles. The van der Waals surface area contributed by atoms with E-state index in [2.05, 4.69) is 14.6 Å². The van der Waals surface area contributed by atoms with E-state index in [-0.39, 0.29) is 5.84 Å². The Morgan fingerprint density at radius 2 is 1.94 bits per heavy atom. The normalized spacial score (nSPS) is 12.4. The number of nitrogens with one attached hydrogen (secondary N) is 2. The zero-order chi connectivity index (χ0) is 12.2. The molecule has 8 heteroatoms. The van der Waals surface area contributed by atoms with E-state index in [9.17, 15) is 8.42 Å². The Labute approximate surface area is 93.1 Å². The van der Waals surface area contributed by atoms with Gasteiger partial charge in [0.15, 0.2) is 5.84 Å². The van der Waals surface area contributed by atoms with E-state index < -0.39 is 10.2 Å². The minimum absolute atomic E-state index is 0.0389. The monoisotopic (exact) mass is 244 g/mol. The highest BCUT2D eigenvalue weighted by Crippen LogP contribution is 2.10. The zero-order valence-electron chi connectivity index (χ0n) is 8.51. The molecule has 0 aliphatic rings. The van der Waals surface area contributed by atoms with Crippen LogP contribution in [-0.4, -0.2) is 26.5 Å². The number of benzene rings is 1. The maximum atomic E-state index is 11.1. The molecule has 0 aromatic heterocycles. The van der Waals surface area contributed by atoms with Crippen LogP contribution >= 0.6 is 0 Å². The molecule has 0 saturated heterocycles. The first-order valence-electron chi connectivity index (χ1n) is 4.28. The van der Waals surface area contributed by atoms with Crippen LogP contribution in [0.15, 0.2) is 29.4 Å². The lowest BCUT2D eigenvalue weighted by Crippen LogP contribution is -2.26. The van der Waals surface area contributed by atoms with Gasteiger partial charge in [-0.25, -0.2) is 4.72 Å². The topological polar surface area (TPSA) is 117 Å². The Morgan fingerprint density at radius 3 is 2.38 bits per heavy atom. The highest BCUT2D eigenvalue weighted by molar-refractivity contribution is 7.90. The van der Waals surface area contributed by atoms with E-state index in [4.69, 9.17) is 10.9 Å². The molecular weight excluding hydrogens is 232 g/mol. The van der Waals surface area contributed by atoms with Gasteiger partial charge in [-0.1, -0.05) is 5.16 Å². The van der Waals surface area contributed by atoms with Crippen LogP contribution in [0.25, 0.3) is 0 Å². The number of nitrogens with two attached hydrogens (primary N) is 1. The second-order valence-electron chi connectivity index (χ2n) is 2.87. The summed E-state index contributed by atoms with van der Waals surface area (Å²) in [6.45, 7) is 0. The van der Waals surface area contributed by atoms with Crippen LogP contribution in [-0.2, 0) is 10.2 Å². The van der Waals surface area contributed by atoms with Gasteiger partial charge in [0, 0.05) is 18.3 Å². The van der Waals surface area contributed by atoms with Gasteiger partial charge in [-0.15, -0.1) is 0 Å². The molecule has 0 radical (unpaired) electrons. The van der Waals surface area contributed by atoms with Crippen molar-refractivity contribution >= 4 is 21.7 Å². The van der Waals surface area contributed by atoms with Crippen molar-refractivity contribution in [1.82, 2.24) is 4.72 Å². The number of oxime groups is 1. The molecule has 0 heterocycles. The van der Waals surface area contributed by atoms with Gasteiger partial charge in [-0.05, 0) is 24.3 Å². The molecule has 0 atom stereocenters. The van der Waals surface area contributed by atoms with Crippen LogP contribution in [0.3, 0.4) is 0 Å². The van der Waals surface area contributed by atoms with Crippen LogP contribution in [0.5, 0.6) is 0 Å². The fourth-order valence-corrected chi connectivity index (χ4v) is 1.52. The summed E-state index contributed by atoms with van der Waals surface area (Å²) < 4.78 is 26.6. The van der Waals surface area contributed by atoms with Gasteiger partial charge in [0.25, 0.3) is 10.2 Å². The van der Waals surface area contributed by atoms with Gasteiger partial charge in [-0.3, -0.25) is 4.72 Å². The third-order valence-electron chi connectivity index (χ3n) is 1.81. The average molecular weight is 244 g/mol. The lowest BCUT2D eigenvalue weighted by Gasteiger charge is -2.06. The Kier molecular flexibility index (Phi) is 3.69. The quantitative estimate of drug-likeness (QED) is 0.251. The van der Waals surface area contributed by atoms with Crippen LogP contribution in [0.1, 0.15) is 5.56 Å². The van der Waals surface area contributed by atoms with Gasteiger partial charge in [-0.2, -0.15) is 8.42 Å². The summed E-state index contributed by atoms with van der Waals surface area (Å²) in [6, 6.07) is 6.07. The standard InChI is InChI=1S/C8H12N4O3S/c1-10-16(14,15)12-7-4-2-6(3-5-7)8(9)11-13/h2-5,10,12-13H,1H3,(H2,9,11). The molecule has 0 amide bonds. The van der Waals surface area contributed by atoms with Gasteiger partial charge < -0.3 is 10.9 Å². The van der Waals surface area contributed by atoms with Crippen molar-refractivity contribution in [3.8, 4) is 0 Å². The highest BCUT2D eigenvalue weighted by Gasteiger charge is 2.06. The molecule has 0 unspecified atom stereocenters. The van der Waals surface area contributed by atoms with Crippen molar-refractivity contribution in [2.75, 3.05) is 11.8 Å². The summed E-state index contributed by atoms with van der Waals surface area (Å²) >= 11 is 0. The van der Waals surface area contributed by atoms with Crippen molar-refractivity contribution in [2.24, 2.45) is 10.9 Å². The van der Waals surface area contributed by atoms with Gasteiger partial charge in [0.1, 0.15) is 0 Å². The number of anilines is 1. The second-order valence-corrected chi connectivity index (χ2v) is 4.49. The van der Waals surface area contributed by atoms with E-state index in [0.717, 1.165) is 0 Å². The van der Waals surface area contributed by atoms with Crippen molar-refractivity contribution in [1.29, 1.82) is 0 Å². The minimum atomic E-state index is -3.52. The molecule has 0 aliphatic heterocycles. The van der Waals surface area contributed by atoms with Gasteiger partial charge >= 0.3 is 0 Å². The Bertz CT molecular complexity index is 481. The van der Waals surface area contributed by atoms with E-state index in [0.29, 0.717) is 11.3 Å². The SMILES string of the molecule is CNS(=O)(=O)Nc1ccc(/C(N)=N/O)cc1. The largest absolute Gasteiger partial charge is 0.409 e. The van der Waals surface area contributed by atoms with Gasteiger partial charge in [0.05, 0.1) is 0 Å². The number of nitrogens with zero attached hydrogens (tertiary/aromatic N) is 1. The van der Waals surface area contributed by atoms with Crippen molar-refractivity contribution in [3.63, 3.8) is 0 Å². The molecule has 1 rings (SSSR count). The Morgan fingerprint density at radius 1 is 1.38 bits per heavy atom. The van der Waals surface area contributed by atoms with Crippen LogP contribution in [0.2, 0.25) is 0 Å². The average Bonchev–Trinajstić information content (AvgIpc) is 2.28. The summed E-state index contributed by atoms with van der Waals surface area (Å²) in [5.74, 6) is -0.0389. The number of rotatable bonds is 4. The second kappa shape index (κ2) is 4.81. The highest BCUT2D eigenvalue weighted by atomic mass is 32.2. The number of hydrogen-bond acceptors (Lipinski definition) is 4. The molecule has 16 heavy (non-hydrogen) atoms. The molecule has 1 aromatic rings.